The number of aryl methyl sites for hydroxylation is 3. The number of carbonyl (C=O) groups excluding carboxylic acids is 1. The van der Waals surface area contributed by atoms with E-state index in [1.165, 1.54) is 16.9 Å². The van der Waals surface area contributed by atoms with Gasteiger partial charge in [0.15, 0.2) is 0 Å². The number of hydrogen-bond donors (Lipinski definition) is 1. The van der Waals surface area contributed by atoms with Crippen molar-refractivity contribution < 1.29 is 9.53 Å². The number of ether oxygens (including phenoxy) is 1. The third-order valence-corrected chi connectivity index (χ3v) is 7.27. The predicted octanol–water partition coefficient (Wildman–Crippen LogP) is 3.28. The van der Waals surface area contributed by atoms with E-state index in [4.69, 9.17) is 4.74 Å². The van der Waals surface area contributed by atoms with E-state index in [1.54, 1.807) is 7.11 Å². The first-order valence-corrected chi connectivity index (χ1v) is 11.9. The van der Waals surface area contributed by atoms with Crippen LogP contribution in [0.2, 0.25) is 0 Å². The molecule has 1 saturated heterocycles. The Balaban J connectivity index is 1.32. The second kappa shape index (κ2) is 9.83. The van der Waals surface area contributed by atoms with Crippen LogP contribution in [0.4, 0.5) is 0 Å². The standard InChI is InChI=1S/C24H30N4O3S/c1-16-17(2)32-24-22(16)23(30)25-20(26-24)9-10-21(29)28-12-4-11-27(13-14-28)15-18-5-7-19(31-3)8-6-18/h5-8H,4,9-15H2,1-3H3,(H,25,26,30). The maximum Gasteiger partial charge on any atom is 0.259 e. The summed E-state index contributed by atoms with van der Waals surface area (Å²) >= 11 is 1.54. The van der Waals surface area contributed by atoms with Crippen molar-refractivity contribution in [2.24, 2.45) is 0 Å². The van der Waals surface area contributed by atoms with Gasteiger partial charge in [-0.25, -0.2) is 4.98 Å². The molecule has 0 unspecified atom stereocenters. The maximum atomic E-state index is 12.8. The lowest BCUT2D eigenvalue weighted by molar-refractivity contribution is -0.131. The Morgan fingerprint density at radius 3 is 2.69 bits per heavy atom. The van der Waals surface area contributed by atoms with Gasteiger partial charge in [0.25, 0.3) is 5.56 Å². The van der Waals surface area contributed by atoms with Crippen LogP contribution in [0.3, 0.4) is 0 Å². The van der Waals surface area contributed by atoms with Crippen molar-refractivity contribution in [1.82, 2.24) is 19.8 Å². The molecule has 1 aromatic carbocycles. The monoisotopic (exact) mass is 454 g/mol. The van der Waals surface area contributed by atoms with E-state index in [9.17, 15) is 9.59 Å². The number of benzene rings is 1. The summed E-state index contributed by atoms with van der Waals surface area (Å²) in [4.78, 5) is 39.0. The van der Waals surface area contributed by atoms with E-state index in [0.29, 0.717) is 24.1 Å². The van der Waals surface area contributed by atoms with Crippen LogP contribution in [-0.2, 0) is 17.8 Å². The Morgan fingerprint density at radius 2 is 1.94 bits per heavy atom. The van der Waals surface area contributed by atoms with Gasteiger partial charge < -0.3 is 14.6 Å². The molecule has 1 aliphatic rings. The van der Waals surface area contributed by atoms with E-state index < -0.39 is 0 Å². The summed E-state index contributed by atoms with van der Waals surface area (Å²) in [7, 11) is 1.67. The molecule has 3 aromatic rings. The molecule has 0 bridgehead atoms. The lowest BCUT2D eigenvalue weighted by Crippen LogP contribution is -2.35. The normalized spacial score (nSPS) is 15.2. The number of thiophene rings is 1. The number of carbonyl (C=O) groups is 1. The summed E-state index contributed by atoms with van der Waals surface area (Å²) in [5.41, 5.74) is 2.13. The molecule has 2 aromatic heterocycles. The molecule has 32 heavy (non-hydrogen) atoms. The molecule has 0 spiro atoms. The largest absolute Gasteiger partial charge is 0.497 e. The van der Waals surface area contributed by atoms with Crippen molar-refractivity contribution in [2.45, 2.75) is 39.7 Å². The number of fused-ring (bicyclic) bond motifs is 1. The summed E-state index contributed by atoms with van der Waals surface area (Å²) in [5.74, 6) is 1.58. The lowest BCUT2D eigenvalue weighted by Gasteiger charge is -2.22. The van der Waals surface area contributed by atoms with Gasteiger partial charge in [-0.1, -0.05) is 12.1 Å². The van der Waals surface area contributed by atoms with Gasteiger partial charge in [0, 0.05) is 50.4 Å². The average molecular weight is 455 g/mol. The molecule has 1 fully saturated rings. The highest BCUT2D eigenvalue weighted by Crippen LogP contribution is 2.25. The molecule has 7 nitrogen and oxygen atoms in total. The Kier molecular flexibility index (Phi) is 6.91. The summed E-state index contributed by atoms with van der Waals surface area (Å²) in [6, 6.07) is 8.15. The number of nitrogens with zero attached hydrogens (tertiary/aromatic N) is 3. The van der Waals surface area contributed by atoms with Gasteiger partial charge in [-0.05, 0) is 43.5 Å². The molecule has 1 N–H and O–H groups in total. The third kappa shape index (κ3) is 5.02. The Labute approximate surface area is 192 Å². The van der Waals surface area contributed by atoms with Gasteiger partial charge in [-0.3, -0.25) is 14.5 Å². The summed E-state index contributed by atoms with van der Waals surface area (Å²) in [6.45, 7) is 8.14. The van der Waals surface area contributed by atoms with Crippen LogP contribution in [-0.4, -0.2) is 59.0 Å². The third-order valence-electron chi connectivity index (χ3n) is 6.17. The van der Waals surface area contributed by atoms with Crippen LogP contribution in [0, 0.1) is 13.8 Å². The SMILES string of the molecule is COc1ccc(CN2CCCN(C(=O)CCc3nc4sc(C)c(C)c4c(=O)[nH]3)CC2)cc1. The van der Waals surface area contributed by atoms with Gasteiger partial charge in [0.2, 0.25) is 5.91 Å². The molecule has 1 aliphatic heterocycles. The number of H-pyrrole nitrogens is 1. The molecule has 0 atom stereocenters. The Bertz CT molecular complexity index is 1150. The number of aromatic amines is 1. The lowest BCUT2D eigenvalue weighted by atomic mass is 10.2. The first-order valence-electron chi connectivity index (χ1n) is 11.1. The van der Waals surface area contributed by atoms with Crippen LogP contribution in [0.5, 0.6) is 5.75 Å². The predicted molar refractivity (Wildman–Crippen MR) is 128 cm³/mol. The summed E-state index contributed by atoms with van der Waals surface area (Å²) in [6.07, 6.45) is 1.76. The van der Waals surface area contributed by atoms with E-state index in [-0.39, 0.29) is 11.5 Å². The second-order valence-electron chi connectivity index (χ2n) is 8.33. The van der Waals surface area contributed by atoms with Gasteiger partial charge >= 0.3 is 0 Å². The molecule has 4 rings (SSSR count). The van der Waals surface area contributed by atoms with Crippen LogP contribution in [0.1, 0.15) is 34.7 Å². The van der Waals surface area contributed by atoms with Crippen LogP contribution >= 0.6 is 11.3 Å². The van der Waals surface area contributed by atoms with Crippen molar-refractivity contribution in [3.63, 3.8) is 0 Å². The van der Waals surface area contributed by atoms with Crippen LogP contribution in [0.25, 0.3) is 10.2 Å². The highest BCUT2D eigenvalue weighted by molar-refractivity contribution is 7.18. The molecule has 0 aliphatic carbocycles. The average Bonchev–Trinajstić information content (AvgIpc) is 2.93. The molecule has 0 saturated carbocycles. The highest BCUT2D eigenvalue weighted by Gasteiger charge is 2.20. The summed E-state index contributed by atoms with van der Waals surface area (Å²) in [5, 5.41) is 0.673. The van der Waals surface area contributed by atoms with Gasteiger partial charge in [0.1, 0.15) is 16.4 Å². The van der Waals surface area contributed by atoms with Gasteiger partial charge in [-0.15, -0.1) is 11.3 Å². The van der Waals surface area contributed by atoms with E-state index >= 15 is 0 Å². The Morgan fingerprint density at radius 1 is 1.16 bits per heavy atom. The van der Waals surface area contributed by atoms with Crippen molar-refractivity contribution in [3.05, 3.63) is 56.4 Å². The number of nitrogens with one attached hydrogen (secondary N) is 1. The van der Waals surface area contributed by atoms with Crippen LogP contribution < -0.4 is 10.3 Å². The zero-order chi connectivity index (χ0) is 22.7. The first kappa shape index (κ1) is 22.5. The fourth-order valence-corrected chi connectivity index (χ4v) is 5.22. The van der Waals surface area contributed by atoms with Gasteiger partial charge in [-0.2, -0.15) is 0 Å². The topological polar surface area (TPSA) is 78.5 Å². The molecule has 0 radical (unpaired) electrons. The van der Waals surface area contributed by atoms with E-state index in [2.05, 4.69) is 27.0 Å². The maximum absolute atomic E-state index is 12.8. The zero-order valence-electron chi connectivity index (χ0n) is 18.9. The van der Waals surface area contributed by atoms with Crippen molar-refractivity contribution in [1.29, 1.82) is 0 Å². The van der Waals surface area contributed by atoms with Crippen molar-refractivity contribution in [3.8, 4) is 5.75 Å². The first-order chi connectivity index (χ1) is 15.4. The summed E-state index contributed by atoms with van der Waals surface area (Å²) < 4.78 is 5.23. The quantitative estimate of drug-likeness (QED) is 0.618. The fraction of sp³-hybridized carbons (Fsp3) is 0.458. The molecule has 170 valence electrons. The van der Waals surface area contributed by atoms with Crippen molar-refractivity contribution in [2.75, 3.05) is 33.3 Å². The molecule has 8 heteroatoms. The number of aromatic nitrogens is 2. The fourth-order valence-electron chi connectivity index (χ4n) is 4.17. The molecular weight excluding hydrogens is 424 g/mol. The smallest absolute Gasteiger partial charge is 0.259 e. The Hall–Kier alpha value is -2.71. The van der Waals surface area contributed by atoms with E-state index in [1.807, 2.05) is 30.9 Å². The molecular formula is C24H30N4O3S. The highest BCUT2D eigenvalue weighted by atomic mass is 32.1. The number of methoxy groups -OCH3 is 1. The minimum absolute atomic E-state index is 0.108. The number of hydrogen-bond acceptors (Lipinski definition) is 6. The number of rotatable bonds is 6. The van der Waals surface area contributed by atoms with Crippen LogP contribution in [0.15, 0.2) is 29.1 Å². The molecule has 3 heterocycles. The second-order valence-corrected chi connectivity index (χ2v) is 9.54. The van der Waals surface area contributed by atoms with E-state index in [0.717, 1.165) is 60.2 Å². The zero-order valence-corrected chi connectivity index (χ0v) is 19.8. The minimum Gasteiger partial charge on any atom is -0.497 e. The minimum atomic E-state index is -0.108. The molecule has 1 amide bonds. The van der Waals surface area contributed by atoms with Gasteiger partial charge in [0.05, 0.1) is 12.5 Å². The number of amides is 1. The van der Waals surface area contributed by atoms with Crippen molar-refractivity contribution >= 4 is 27.5 Å².